The summed E-state index contributed by atoms with van der Waals surface area (Å²) in [5, 5.41) is 6.79. The van der Waals surface area contributed by atoms with Gasteiger partial charge in [-0.3, -0.25) is 4.98 Å². The smallest absolute Gasteiger partial charge is 0.224 e. The summed E-state index contributed by atoms with van der Waals surface area (Å²) >= 11 is 0. The van der Waals surface area contributed by atoms with Crippen molar-refractivity contribution >= 4 is 11.8 Å². The molecule has 0 amide bonds. The van der Waals surface area contributed by atoms with Gasteiger partial charge in [0.25, 0.3) is 0 Å². The summed E-state index contributed by atoms with van der Waals surface area (Å²) in [6.07, 6.45) is 6.12. The molecule has 7 nitrogen and oxygen atoms in total. The molecule has 2 fully saturated rings. The van der Waals surface area contributed by atoms with Crippen LogP contribution in [0, 0.1) is 0 Å². The average molecular weight is 354 g/mol. The first-order valence-corrected chi connectivity index (χ1v) is 9.22. The van der Waals surface area contributed by atoms with E-state index in [1.807, 2.05) is 25.4 Å². The van der Waals surface area contributed by atoms with Crippen LogP contribution in [0.1, 0.15) is 24.5 Å². The molecule has 1 aliphatic carbocycles. The molecule has 26 heavy (non-hydrogen) atoms. The summed E-state index contributed by atoms with van der Waals surface area (Å²) in [5.41, 5.74) is 1.21. The molecule has 138 valence electrons. The molecule has 2 N–H and O–H groups in total. The molecule has 4 rings (SSSR count). The Balaban J connectivity index is 1.35. The molecule has 0 aromatic carbocycles. The van der Waals surface area contributed by atoms with E-state index in [2.05, 4.69) is 42.6 Å². The second-order valence-electron chi connectivity index (χ2n) is 7.06. The van der Waals surface area contributed by atoms with Crippen LogP contribution in [-0.2, 0) is 4.74 Å². The number of rotatable bonds is 6. The highest BCUT2D eigenvalue weighted by Gasteiger charge is 2.38. The molecule has 7 heteroatoms. The van der Waals surface area contributed by atoms with E-state index >= 15 is 0 Å². The monoisotopic (exact) mass is 354 g/mol. The normalized spacial score (nSPS) is 28.0. The average Bonchev–Trinajstić information content (AvgIpc) is 3.08. The molecule has 0 unspecified atom stereocenters. The van der Waals surface area contributed by atoms with E-state index in [4.69, 9.17) is 4.74 Å². The van der Waals surface area contributed by atoms with E-state index in [-0.39, 0.29) is 6.10 Å². The lowest BCUT2D eigenvalue weighted by atomic mass is 9.77. The van der Waals surface area contributed by atoms with Crippen molar-refractivity contribution < 1.29 is 4.74 Å². The fourth-order valence-electron chi connectivity index (χ4n) is 3.92. The van der Waals surface area contributed by atoms with Crippen molar-refractivity contribution in [2.75, 3.05) is 37.5 Å². The summed E-state index contributed by atoms with van der Waals surface area (Å²) in [6.45, 7) is 1.73. The standard InChI is InChI=1S/C19H26N6O/c1-20-19-22-8-6-18(24-19)25-11-16(17(12-25)26-2)23-14-9-13(10-14)15-5-3-4-7-21-15/h3-8,13-14,16-17,23H,9-12H2,1-2H3,(H,20,22,24)/t13?,14?,16-,17+/m1/s1. The molecule has 2 aromatic rings. The topological polar surface area (TPSA) is 75.2 Å². The van der Waals surface area contributed by atoms with Crippen LogP contribution < -0.4 is 15.5 Å². The van der Waals surface area contributed by atoms with E-state index in [0.717, 1.165) is 31.7 Å². The molecule has 1 aliphatic heterocycles. The van der Waals surface area contributed by atoms with E-state index in [9.17, 15) is 0 Å². The number of ether oxygens (including phenoxy) is 1. The highest BCUT2D eigenvalue weighted by Crippen LogP contribution is 2.36. The molecular weight excluding hydrogens is 328 g/mol. The lowest BCUT2D eigenvalue weighted by Crippen LogP contribution is -2.50. The van der Waals surface area contributed by atoms with Gasteiger partial charge in [-0.25, -0.2) is 4.98 Å². The summed E-state index contributed by atoms with van der Waals surface area (Å²) < 4.78 is 5.74. The summed E-state index contributed by atoms with van der Waals surface area (Å²) in [4.78, 5) is 15.5. The van der Waals surface area contributed by atoms with Crippen LogP contribution in [0.4, 0.5) is 11.8 Å². The van der Waals surface area contributed by atoms with Crippen LogP contribution >= 0.6 is 0 Å². The quantitative estimate of drug-likeness (QED) is 0.817. The fourth-order valence-corrected chi connectivity index (χ4v) is 3.92. The molecule has 2 aromatic heterocycles. The van der Waals surface area contributed by atoms with Gasteiger partial charge < -0.3 is 20.3 Å². The molecular formula is C19H26N6O. The molecule has 2 aliphatic rings. The number of hydrogen-bond donors (Lipinski definition) is 2. The Morgan fingerprint density at radius 2 is 2.00 bits per heavy atom. The minimum Gasteiger partial charge on any atom is -0.378 e. The van der Waals surface area contributed by atoms with Gasteiger partial charge in [0.15, 0.2) is 0 Å². The van der Waals surface area contributed by atoms with Crippen LogP contribution in [0.25, 0.3) is 0 Å². The maximum atomic E-state index is 5.74. The van der Waals surface area contributed by atoms with E-state index < -0.39 is 0 Å². The van der Waals surface area contributed by atoms with Gasteiger partial charge in [-0.15, -0.1) is 0 Å². The van der Waals surface area contributed by atoms with Crippen molar-refractivity contribution in [3.05, 3.63) is 42.4 Å². The minimum atomic E-state index is 0.164. The predicted molar refractivity (Wildman–Crippen MR) is 102 cm³/mol. The third kappa shape index (κ3) is 3.50. The Morgan fingerprint density at radius 1 is 1.12 bits per heavy atom. The van der Waals surface area contributed by atoms with E-state index in [1.165, 1.54) is 5.69 Å². The van der Waals surface area contributed by atoms with Gasteiger partial charge in [0.2, 0.25) is 5.95 Å². The van der Waals surface area contributed by atoms with Gasteiger partial charge >= 0.3 is 0 Å². The highest BCUT2D eigenvalue weighted by molar-refractivity contribution is 5.44. The molecule has 0 bridgehead atoms. The van der Waals surface area contributed by atoms with Crippen molar-refractivity contribution in [3.63, 3.8) is 0 Å². The zero-order valence-electron chi connectivity index (χ0n) is 15.3. The van der Waals surface area contributed by atoms with Crippen molar-refractivity contribution in [3.8, 4) is 0 Å². The summed E-state index contributed by atoms with van der Waals surface area (Å²) in [5.74, 6) is 2.16. The lowest BCUT2D eigenvalue weighted by molar-refractivity contribution is 0.0859. The number of methoxy groups -OCH3 is 1. The third-order valence-corrected chi connectivity index (χ3v) is 5.45. The second kappa shape index (κ2) is 7.55. The van der Waals surface area contributed by atoms with Crippen molar-refractivity contribution in [1.29, 1.82) is 0 Å². The zero-order valence-corrected chi connectivity index (χ0v) is 15.3. The zero-order chi connectivity index (χ0) is 17.9. The third-order valence-electron chi connectivity index (χ3n) is 5.45. The highest BCUT2D eigenvalue weighted by atomic mass is 16.5. The van der Waals surface area contributed by atoms with E-state index in [1.54, 1.807) is 13.3 Å². The number of anilines is 2. The number of nitrogens with one attached hydrogen (secondary N) is 2. The van der Waals surface area contributed by atoms with Gasteiger partial charge in [-0.1, -0.05) is 6.07 Å². The first-order chi connectivity index (χ1) is 12.8. The molecule has 2 atom stereocenters. The molecule has 1 saturated carbocycles. The molecule has 0 radical (unpaired) electrons. The van der Waals surface area contributed by atoms with Crippen LogP contribution in [0.15, 0.2) is 36.7 Å². The van der Waals surface area contributed by atoms with Crippen LogP contribution in [0.3, 0.4) is 0 Å². The number of nitrogens with zero attached hydrogens (tertiary/aromatic N) is 4. The van der Waals surface area contributed by atoms with Crippen LogP contribution in [0.5, 0.6) is 0 Å². The Hall–Kier alpha value is -2.25. The number of aromatic nitrogens is 3. The molecule has 3 heterocycles. The van der Waals surface area contributed by atoms with Crippen molar-refractivity contribution in [2.24, 2.45) is 0 Å². The van der Waals surface area contributed by atoms with Gasteiger partial charge in [0.05, 0.1) is 12.1 Å². The Labute approximate surface area is 154 Å². The summed E-state index contributed by atoms with van der Waals surface area (Å²) in [6, 6.07) is 8.97. The Bertz CT molecular complexity index is 721. The largest absolute Gasteiger partial charge is 0.378 e. The minimum absolute atomic E-state index is 0.164. The summed E-state index contributed by atoms with van der Waals surface area (Å²) in [7, 11) is 3.62. The van der Waals surface area contributed by atoms with E-state index in [0.29, 0.717) is 23.9 Å². The number of hydrogen-bond acceptors (Lipinski definition) is 7. The predicted octanol–water partition coefficient (Wildman–Crippen LogP) is 1.65. The first-order valence-electron chi connectivity index (χ1n) is 9.22. The van der Waals surface area contributed by atoms with Crippen LogP contribution in [-0.4, -0.2) is 60.4 Å². The fraction of sp³-hybridized carbons (Fsp3) is 0.526. The van der Waals surface area contributed by atoms with Gasteiger partial charge in [-0.2, -0.15) is 4.98 Å². The lowest BCUT2D eigenvalue weighted by Gasteiger charge is -2.38. The van der Waals surface area contributed by atoms with Gasteiger partial charge in [0, 0.05) is 57.3 Å². The van der Waals surface area contributed by atoms with Crippen molar-refractivity contribution in [2.45, 2.75) is 36.9 Å². The van der Waals surface area contributed by atoms with Crippen molar-refractivity contribution in [1.82, 2.24) is 20.3 Å². The maximum Gasteiger partial charge on any atom is 0.224 e. The maximum absolute atomic E-state index is 5.74. The van der Waals surface area contributed by atoms with Gasteiger partial charge in [0.1, 0.15) is 5.82 Å². The molecule has 1 saturated heterocycles. The number of pyridine rings is 1. The van der Waals surface area contributed by atoms with Crippen LogP contribution in [0.2, 0.25) is 0 Å². The second-order valence-corrected chi connectivity index (χ2v) is 7.06. The first kappa shape index (κ1) is 17.2. The Morgan fingerprint density at radius 3 is 2.73 bits per heavy atom. The SMILES string of the molecule is CNc1nccc(N2C[C@H](OC)[C@H](NC3CC(c4ccccn4)C3)C2)n1. The van der Waals surface area contributed by atoms with Gasteiger partial charge in [-0.05, 0) is 31.0 Å². The Kier molecular flexibility index (Phi) is 4.99. The molecule has 0 spiro atoms.